The van der Waals surface area contributed by atoms with Crippen LogP contribution in [-0.4, -0.2) is 26.7 Å². The molecule has 0 atom stereocenters. The van der Waals surface area contributed by atoms with Gasteiger partial charge in [-0.2, -0.15) is 0 Å². The molecule has 7 heteroatoms. The lowest BCUT2D eigenvalue weighted by molar-refractivity contribution is -0.118. The lowest BCUT2D eigenvalue weighted by atomic mass is 10.2. The maximum Gasteiger partial charge on any atom is 0.262 e. The Morgan fingerprint density at radius 1 is 0.968 bits per heavy atom. The van der Waals surface area contributed by atoms with E-state index < -0.39 is 0 Å². The van der Waals surface area contributed by atoms with Crippen molar-refractivity contribution in [1.82, 2.24) is 0 Å². The minimum absolute atomic E-state index is 0.107. The molecule has 0 unspecified atom stereocenters. The van der Waals surface area contributed by atoms with Crippen molar-refractivity contribution in [3.63, 3.8) is 0 Å². The summed E-state index contributed by atoms with van der Waals surface area (Å²) in [6.45, 7) is 2.49. The number of benzene rings is 3. The van der Waals surface area contributed by atoms with E-state index in [4.69, 9.17) is 14.2 Å². The van der Waals surface area contributed by atoms with Gasteiger partial charge in [-0.15, -0.1) is 0 Å². The first-order valence-corrected chi connectivity index (χ1v) is 10.8. The summed E-state index contributed by atoms with van der Waals surface area (Å²) in [4.78, 5) is 12.3. The molecule has 0 saturated carbocycles. The number of amides is 1. The molecule has 0 radical (unpaired) electrons. The summed E-state index contributed by atoms with van der Waals surface area (Å²) in [6, 6.07) is 19.3. The fraction of sp³-hybridized carbons (Fsp3) is 0.208. The predicted octanol–water partition coefficient (Wildman–Crippen LogP) is 5.25. The van der Waals surface area contributed by atoms with Gasteiger partial charge in [0.25, 0.3) is 5.91 Å². The van der Waals surface area contributed by atoms with E-state index in [-0.39, 0.29) is 12.5 Å². The number of carbonyl (C=O) groups is 1. The maximum absolute atomic E-state index is 12.3. The van der Waals surface area contributed by atoms with Crippen LogP contribution >= 0.6 is 22.6 Å². The number of anilines is 2. The van der Waals surface area contributed by atoms with E-state index >= 15 is 0 Å². The van der Waals surface area contributed by atoms with Gasteiger partial charge in [-0.25, -0.2) is 0 Å². The van der Waals surface area contributed by atoms with E-state index in [2.05, 4.69) is 33.2 Å². The van der Waals surface area contributed by atoms with Crippen molar-refractivity contribution >= 4 is 39.9 Å². The molecule has 31 heavy (non-hydrogen) atoms. The summed E-state index contributed by atoms with van der Waals surface area (Å²) in [7, 11) is 3.23. The van der Waals surface area contributed by atoms with Crippen LogP contribution in [-0.2, 0) is 11.3 Å². The first-order chi connectivity index (χ1) is 15.0. The average molecular weight is 532 g/mol. The standard InChI is InChI=1S/C24H25IN2O4/c1-16-5-4-6-19(11-16)27-23(28)15-31-24-21(25)12-17(13-22(24)30-3)14-26-18-7-9-20(29-2)10-8-18/h4-13,26H,14-15H2,1-3H3,(H,27,28). The Morgan fingerprint density at radius 2 is 1.74 bits per heavy atom. The van der Waals surface area contributed by atoms with Gasteiger partial charge in [-0.1, -0.05) is 12.1 Å². The molecule has 0 aliphatic rings. The van der Waals surface area contributed by atoms with Gasteiger partial charge >= 0.3 is 0 Å². The summed E-state index contributed by atoms with van der Waals surface area (Å²) in [5, 5.41) is 6.21. The van der Waals surface area contributed by atoms with Gasteiger partial charge in [0.05, 0.1) is 17.8 Å². The zero-order valence-corrected chi connectivity index (χ0v) is 19.9. The summed E-state index contributed by atoms with van der Waals surface area (Å²) < 4.78 is 17.3. The zero-order valence-electron chi connectivity index (χ0n) is 17.7. The maximum atomic E-state index is 12.3. The molecule has 0 bridgehead atoms. The average Bonchev–Trinajstić information content (AvgIpc) is 2.77. The number of aryl methyl sites for hydroxylation is 1. The fourth-order valence-electron chi connectivity index (χ4n) is 2.99. The molecule has 0 aromatic heterocycles. The van der Waals surface area contributed by atoms with Crippen LogP contribution < -0.4 is 24.8 Å². The van der Waals surface area contributed by atoms with Crippen LogP contribution in [0.25, 0.3) is 0 Å². The van der Waals surface area contributed by atoms with E-state index in [0.717, 1.165) is 31.8 Å². The van der Waals surface area contributed by atoms with Crippen molar-refractivity contribution in [2.75, 3.05) is 31.5 Å². The van der Waals surface area contributed by atoms with Gasteiger partial charge in [0.1, 0.15) is 5.75 Å². The summed E-state index contributed by atoms with van der Waals surface area (Å²) in [5.74, 6) is 1.72. The van der Waals surface area contributed by atoms with Gasteiger partial charge in [-0.3, -0.25) is 4.79 Å². The van der Waals surface area contributed by atoms with Crippen molar-refractivity contribution in [2.45, 2.75) is 13.5 Å². The first kappa shape index (κ1) is 22.7. The third kappa shape index (κ3) is 6.52. The van der Waals surface area contributed by atoms with Crippen molar-refractivity contribution in [2.24, 2.45) is 0 Å². The van der Waals surface area contributed by atoms with Crippen LogP contribution in [0.4, 0.5) is 11.4 Å². The Labute approximate surface area is 196 Å². The molecule has 1 amide bonds. The van der Waals surface area contributed by atoms with E-state index in [1.807, 2.05) is 67.6 Å². The number of nitrogens with one attached hydrogen (secondary N) is 2. The lowest BCUT2D eigenvalue weighted by Gasteiger charge is -2.15. The smallest absolute Gasteiger partial charge is 0.262 e. The Morgan fingerprint density at radius 3 is 2.42 bits per heavy atom. The zero-order chi connectivity index (χ0) is 22.2. The van der Waals surface area contributed by atoms with Crippen LogP contribution in [0.3, 0.4) is 0 Å². The van der Waals surface area contributed by atoms with Gasteiger partial charge in [-0.05, 0) is 89.2 Å². The quantitative estimate of drug-likeness (QED) is 0.369. The molecule has 3 aromatic carbocycles. The number of halogens is 1. The molecule has 0 aliphatic carbocycles. The molecular weight excluding hydrogens is 507 g/mol. The molecule has 3 aromatic rings. The molecule has 0 aliphatic heterocycles. The minimum atomic E-state index is -0.228. The van der Waals surface area contributed by atoms with E-state index in [9.17, 15) is 4.79 Å². The second-order valence-corrected chi connectivity index (χ2v) is 8.06. The predicted molar refractivity (Wildman–Crippen MR) is 131 cm³/mol. The largest absolute Gasteiger partial charge is 0.497 e. The first-order valence-electron chi connectivity index (χ1n) is 9.72. The van der Waals surface area contributed by atoms with Crippen LogP contribution in [0.15, 0.2) is 60.7 Å². The second-order valence-electron chi connectivity index (χ2n) is 6.90. The third-order valence-electron chi connectivity index (χ3n) is 4.53. The molecule has 162 valence electrons. The van der Waals surface area contributed by atoms with E-state index in [1.54, 1.807) is 14.2 Å². The summed E-state index contributed by atoms with van der Waals surface area (Å²) in [5.41, 5.74) is 3.85. The van der Waals surface area contributed by atoms with Crippen molar-refractivity contribution in [1.29, 1.82) is 0 Å². The molecular formula is C24H25IN2O4. The third-order valence-corrected chi connectivity index (χ3v) is 5.33. The molecule has 3 rings (SSSR count). The highest BCUT2D eigenvalue weighted by Crippen LogP contribution is 2.34. The van der Waals surface area contributed by atoms with Crippen molar-refractivity contribution in [3.05, 3.63) is 75.4 Å². The Balaban J connectivity index is 1.62. The number of hydrogen-bond acceptors (Lipinski definition) is 5. The molecule has 0 spiro atoms. The molecule has 6 nitrogen and oxygen atoms in total. The van der Waals surface area contributed by atoms with Crippen LogP contribution in [0.5, 0.6) is 17.2 Å². The van der Waals surface area contributed by atoms with Gasteiger partial charge in [0, 0.05) is 17.9 Å². The fourth-order valence-corrected chi connectivity index (χ4v) is 3.81. The van der Waals surface area contributed by atoms with Gasteiger partial charge in [0.15, 0.2) is 18.1 Å². The van der Waals surface area contributed by atoms with E-state index in [1.165, 1.54) is 0 Å². The highest BCUT2D eigenvalue weighted by Gasteiger charge is 2.14. The highest BCUT2D eigenvalue weighted by atomic mass is 127. The van der Waals surface area contributed by atoms with Crippen molar-refractivity contribution < 1.29 is 19.0 Å². The van der Waals surface area contributed by atoms with Crippen molar-refractivity contribution in [3.8, 4) is 17.2 Å². The second kappa shape index (κ2) is 10.9. The molecule has 0 fully saturated rings. The van der Waals surface area contributed by atoms with Crippen LogP contribution in [0, 0.1) is 10.5 Å². The number of carbonyl (C=O) groups excluding carboxylic acids is 1. The molecule has 2 N–H and O–H groups in total. The number of hydrogen-bond donors (Lipinski definition) is 2. The number of methoxy groups -OCH3 is 2. The minimum Gasteiger partial charge on any atom is -0.497 e. The lowest BCUT2D eigenvalue weighted by Crippen LogP contribution is -2.20. The monoisotopic (exact) mass is 532 g/mol. The van der Waals surface area contributed by atoms with Gasteiger partial charge in [0.2, 0.25) is 0 Å². The Hall–Kier alpha value is -2.94. The van der Waals surface area contributed by atoms with Crippen LogP contribution in [0.2, 0.25) is 0 Å². The normalized spacial score (nSPS) is 10.3. The topological polar surface area (TPSA) is 68.8 Å². The van der Waals surface area contributed by atoms with Gasteiger partial charge < -0.3 is 24.8 Å². The van der Waals surface area contributed by atoms with E-state index in [0.29, 0.717) is 18.0 Å². The molecule has 0 heterocycles. The number of ether oxygens (including phenoxy) is 3. The van der Waals surface area contributed by atoms with Crippen LogP contribution in [0.1, 0.15) is 11.1 Å². The summed E-state index contributed by atoms with van der Waals surface area (Å²) in [6.07, 6.45) is 0. The Kier molecular flexibility index (Phi) is 8.00. The Bertz CT molecular complexity index is 1040. The SMILES string of the molecule is COc1ccc(NCc2cc(I)c(OCC(=O)Nc3cccc(C)c3)c(OC)c2)cc1. The highest BCUT2D eigenvalue weighted by molar-refractivity contribution is 14.1. The number of rotatable bonds is 9. The molecule has 0 saturated heterocycles. The summed E-state index contributed by atoms with van der Waals surface area (Å²) >= 11 is 2.19.